The quantitative estimate of drug-likeness (QED) is 0.124. The fourth-order valence-corrected chi connectivity index (χ4v) is 5.96. The molecule has 0 amide bonds. The van der Waals surface area contributed by atoms with Crippen LogP contribution in [0, 0.1) is 0 Å². The topological polar surface area (TPSA) is 275 Å². The van der Waals surface area contributed by atoms with Crippen molar-refractivity contribution in [2.45, 2.75) is 117 Å². The second-order valence-corrected chi connectivity index (χ2v) is 10.9. The Morgan fingerprint density at radius 2 is 1.56 bits per heavy atom. The lowest BCUT2D eigenvalue weighted by atomic mass is 9.86. The van der Waals surface area contributed by atoms with Gasteiger partial charge in [-0.1, -0.05) is 0 Å². The van der Waals surface area contributed by atoms with E-state index in [4.69, 9.17) is 46.6 Å². The van der Waals surface area contributed by atoms with Crippen LogP contribution in [-0.4, -0.2) is 150 Å². The molecule has 3 aliphatic heterocycles. The van der Waals surface area contributed by atoms with Crippen LogP contribution >= 0.6 is 0 Å². The van der Waals surface area contributed by atoms with Gasteiger partial charge in [-0.05, 0) is 26.3 Å². The van der Waals surface area contributed by atoms with Crippen LogP contribution < -0.4 is 33.6 Å². The molecule has 0 radical (unpaired) electrons. The summed E-state index contributed by atoms with van der Waals surface area (Å²) >= 11 is 0. The Labute approximate surface area is 227 Å². The summed E-state index contributed by atoms with van der Waals surface area (Å²) in [5.41, 5.74) is 24.0. The Kier molecular flexibility index (Phi) is 10.9. The van der Waals surface area contributed by atoms with E-state index >= 15 is 0 Å². The van der Waals surface area contributed by atoms with Crippen LogP contribution in [0.4, 0.5) is 0 Å². The number of aliphatic hydroxyl groups excluding tert-OH is 5. The molecule has 16 atom stereocenters. The van der Waals surface area contributed by atoms with Gasteiger partial charge in [0.15, 0.2) is 18.9 Å². The molecule has 0 aromatic heterocycles. The van der Waals surface area contributed by atoms with Gasteiger partial charge in [-0.15, -0.1) is 0 Å². The Morgan fingerprint density at radius 3 is 2.21 bits per heavy atom. The highest BCUT2D eigenvalue weighted by Crippen LogP contribution is 2.35. The Bertz CT molecular complexity index is 761. The van der Waals surface area contributed by atoms with Crippen molar-refractivity contribution < 1.29 is 49.2 Å². The second-order valence-electron chi connectivity index (χ2n) is 10.9. The predicted molar refractivity (Wildman–Crippen MR) is 135 cm³/mol. The van der Waals surface area contributed by atoms with Crippen LogP contribution in [0.25, 0.3) is 0 Å². The summed E-state index contributed by atoms with van der Waals surface area (Å²) in [4.78, 5) is 0. The van der Waals surface area contributed by atoms with Gasteiger partial charge in [0.05, 0.1) is 36.9 Å². The molecule has 39 heavy (non-hydrogen) atoms. The third-order valence-electron chi connectivity index (χ3n) is 8.04. The molecule has 4 aliphatic rings. The van der Waals surface area contributed by atoms with E-state index in [2.05, 4.69) is 10.6 Å². The summed E-state index contributed by atoms with van der Waals surface area (Å²) < 4.78 is 29.8. The minimum Gasteiger partial charge on any atom is -0.394 e. The van der Waals surface area contributed by atoms with Crippen molar-refractivity contribution in [3.05, 3.63) is 0 Å². The molecule has 0 bridgehead atoms. The van der Waals surface area contributed by atoms with Crippen molar-refractivity contribution in [3.8, 4) is 0 Å². The molecule has 228 valence electrons. The molecule has 1 saturated carbocycles. The van der Waals surface area contributed by atoms with E-state index in [0.717, 1.165) is 0 Å². The highest BCUT2D eigenvalue weighted by molar-refractivity contribution is 5.00. The lowest BCUT2D eigenvalue weighted by Crippen LogP contribution is -2.70. The van der Waals surface area contributed by atoms with E-state index in [1.54, 1.807) is 7.05 Å². The fraction of sp³-hybridized carbons (Fsp3) is 1.00. The number of fused-ring (bicyclic) bond motifs is 1. The maximum absolute atomic E-state index is 11.2. The van der Waals surface area contributed by atoms with E-state index < -0.39 is 98.5 Å². The lowest BCUT2D eigenvalue weighted by Gasteiger charge is -2.51. The molecule has 4 fully saturated rings. The number of rotatable bonds is 9. The molecule has 1 aliphatic carbocycles. The summed E-state index contributed by atoms with van der Waals surface area (Å²) in [6.45, 7) is 0.179. The van der Waals surface area contributed by atoms with E-state index in [0.29, 0.717) is 19.4 Å². The summed E-state index contributed by atoms with van der Waals surface area (Å²) in [6, 6.07) is -3.01. The van der Waals surface area contributed by atoms with Gasteiger partial charge in [0, 0.05) is 25.2 Å². The highest BCUT2D eigenvalue weighted by Gasteiger charge is 2.54. The summed E-state index contributed by atoms with van der Waals surface area (Å²) in [7, 11) is 1.59. The third-order valence-corrected chi connectivity index (χ3v) is 8.04. The Balaban J connectivity index is 1.41. The van der Waals surface area contributed by atoms with Crippen LogP contribution in [0.2, 0.25) is 0 Å². The van der Waals surface area contributed by atoms with Crippen LogP contribution in [0.5, 0.6) is 0 Å². The van der Waals surface area contributed by atoms with E-state index in [1.165, 1.54) is 0 Å². The number of hydrogen-bond donors (Lipinski definition) is 11. The van der Waals surface area contributed by atoms with Crippen molar-refractivity contribution in [3.63, 3.8) is 0 Å². The van der Waals surface area contributed by atoms with Gasteiger partial charge < -0.3 is 82.8 Å². The Morgan fingerprint density at radius 1 is 0.821 bits per heavy atom. The number of nitrogens with two attached hydrogens (primary N) is 4. The molecule has 3 heterocycles. The van der Waals surface area contributed by atoms with Gasteiger partial charge in [0.1, 0.15) is 36.6 Å². The predicted octanol–water partition coefficient (Wildman–Crippen LogP) is -6.33. The zero-order valence-electron chi connectivity index (χ0n) is 22.1. The normalized spacial score (nSPS) is 50.9. The van der Waals surface area contributed by atoms with Crippen LogP contribution in [0.1, 0.15) is 19.3 Å². The first-order valence-corrected chi connectivity index (χ1v) is 13.6. The number of likely N-dealkylation sites (N-methyl/N-ethyl adjacent to an activating group) is 1. The standard InChI is InChI=1S/C23H46N6O10/c1-28-15-17(33)20-12(6-10(27)21(38-20)37-19-9(26)4-8(25)5-11(19)31)35-22(15)39-23-18(34)16(32)14(29-3-2-24)13(7-30)36-23/h8-23,28-34H,2-7,24-27H2,1H3/t8-,9?,10+,11-,12+,13?,14?,15?,16?,17?,18?,19?,20?,21?,22?,23?/m1/s1. The minimum atomic E-state index is -1.49. The van der Waals surface area contributed by atoms with E-state index in [9.17, 15) is 25.5 Å². The molecule has 0 spiro atoms. The summed E-state index contributed by atoms with van der Waals surface area (Å²) in [5.74, 6) is 0. The number of nitrogens with one attached hydrogen (secondary N) is 2. The van der Waals surface area contributed by atoms with Crippen molar-refractivity contribution in [2.75, 3.05) is 26.7 Å². The van der Waals surface area contributed by atoms with E-state index in [1.807, 2.05) is 0 Å². The number of hydrogen-bond acceptors (Lipinski definition) is 16. The first-order chi connectivity index (χ1) is 18.6. The molecule has 0 aromatic rings. The van der Waals surface area contributed by atoms with Gasteiger partial charge in [0.25, 0.3) is 0 Å². The van der Waals surface area contributed by atoms with Crippen LogP contribution in [0.15, 0.2) is 0 Å². The summed E-state index contributed by atoms with van der Waals surface area (Å²) in [5, 5.41) is 58.7. The van der Waals surface area contributed by atoms with Crippen LogP contribution in [-0.2, 0) is 23.7 Å². The van der Waals surface area contributed by atoms with Gasteiger partial charge >= 0.3 is 0 Å². The monoisotopic (exact) mass is 566 g/mol. The largest absolute Gasteiger partial charge is 0.394 e. The maximum Gasteiger partial charge on any atom is 0.189 e. The number of aliphatic hydroxyl groups is 5. The maximum atomic E-state index is 11.2. The summed E-state index contributed by atoms with van der Waals surface area (Å²) in [6.07, 6.45) is -10.5. The zero-order valence-corrected chi connectivity index (χ0v) is 22.1. The first kappa shape index (κ1) is 31.3. The molecule has 0 aromatic carbocycles. The Hall–Kier alpha value is -0.640. The first-order valence-electron chi connectivity index (χ1n) is 13.6. The fourth-order valence-electron chi connectivity index (χ4n) is 5.96. The van der Waals surface area contributed by atoms with Gasteiger partial charge in [-0.2, -0.15) is 0 Å². The molecule has 3 saturated heterocycles. The third kappa shape index (κ3) is 6.72. The number of ether oxygens (including phenoxy) is 5. The molecule has 16 nitrogen and oxygen atoms in total. The van der Waals surface area contributed by atoms with Gasteiger partial charge in [0.2, 0.25) is 0 Å². The average molecular weight is 567 g/mol. The van der Waals surface area contributed by atoms with Crippen molar-refractivity contribution in [2.24, 2.45) is 22.9 Å². The second kappa shape index (κ2) is 13.6. The SMILES string of the molecule is CNC1C(OC2OC(CO)C(NCCN)C(O)C2O)O[C@H]2C[C@H](N)C(OC3C(N)C[C@@H](N)C[C@H]3O)OC2C1O. The van der Waals surface area contributed by atoms with Crippen molar-refractivity contribution in [1.29, 1.82) is 0 Å². The molecule has 4 rings (SSSR count). The van der Waals surface area contributed by atoms with Crippen molar-refractivity contribution in [1.82, 2.24) is 10.6 Å². The molecule has 15 N–H and O–H groups in total. The molecular weight excluding hydrogens is 520 g/mol. The highest BCUT2D eigenvalue weighted by atomic mass is 16.8. The van der Waals surface area contributed by atoms with Gasteiger partial charge in [-0.25, -0.2) is 0 Å². The minimum absolute atomic E-state index is 0.224. The average Bonchev–Trinajstić information content (AvgIpc) is 2.89. The van der Waals surface area contributed by atoms with E-state index in [-0.39, 0.29) is 19.0 Å². The van der Waals surface area contributed by atoms with Gasteiger partial charge in [-0.3, -0.25) is 0 Å². The smallest absolute Gasteiger partial charge is 0.189 e. The molecule has 12 unspecified atom stereocenters. The van der Waals surface area contributed by atoms with Crippen molar-refractivity contribution >= 4 is 0 Å². The van der Waals surface area contributed by atoms with Crippen LogP contribution in [0.3, 0.4) is 0 Å². The lowest BCUT2D eigenvalue weighted by molar-refractivity contribution is -0.373. The zero-order chi connectivity index (χ0) is 28.4. The molecule has 16 heteroatoms. The molecular formula is C23H46N6O10.